The van der Waals surface area contributed by atoms with Gasteiger partial charge in [0.05, 0.1) is 9.79 Å². The molecule has 5 nitrogen and oxygen atoms in total. The van der Waals surface area contributed by atoms with E-state index in [1.54, 1.807) is 6.08 Å². The zero-order chi connectivity index (χ0) is 15.4. The molecule has 0 saturated heterocycles. The van der Waals surface area contributed by atoms with Gasteiger partial charge in [-0.25, -0.2) is 21.1 Å². The predicted molar refractivity (Wildman–Crippen MR) is 78.7 cm³/mol. The second-order valence-electron chi connectivity index (χ2n) is 4.17. The van der Waals surface area contributed by atoms with Gasteiger partial charge in [-0.3, -0.25) is 0 Å². The van der Waals surface area contributed by atoms with E-state index in [-0.39, 0.29) is 9.79 Å². The summed E-state index contributed by atoms with van der Waals surface area (Å²) in [7, 11) is -0.819. The fraction of sp³-hybridized carbons (Fsp3) is 0.333. The van der Waals surface area contributed by atoms with Crippen LogP contribution < -0.4 is 0 Å². The minimum absolute atomic E-state index is 0.0302. The van der Waals surface area contributed by atoms with Crippen LogP contribution in [0, 0.1) is 0 Å². The summed E-state index contributed by atoms with van der Waals surface area (Å²) in [4.78, 5) is -0.102. The van der Waals surface area contributed by atoms with Crippen molar-refractivity contribution in [3.63, 3.8) is 0 Å². The second kappa shape index (κ2) is 6.71. The Bertz CT molecular complexity index is 666. The molecule has 0 saturated carbocycles. The second-order valence-corrected chi connectivity index (χ2v) is 8.78. The Hall–Kier alpha value is -0.890. The summed E-state index contributed by atoms with van der Waals surface area (Å²) in [5.74, 6) is 0. The molecule has 0 fully saturated rings. The van der Waals surface area contributed by atoms with Gasteiger partial charge in [0.2, 0.25) is 10.0 Å². The molecule has 0 atom stereocenters. The van der Waals surface area contributed by atoms with E-state index < -0.39 is 19.1 Å². The van der Waals surface area contributed by atoms with Crippen LogP contribution in [0.5, 0.6) is 0 Å². The number of nitrogens with zero attached hydrogens (tertiary/aromatic N) is 1. The molecule has 1 aromatic carbocycles. The molecule has 0 aliphatic heterocycles. The lowest BCUT2D eigenvalue weighted by Crippen LogP contribution is -2.27. The number of benzene rings is 1. The van der Waals surface area contributed by atoms with Crippen molar-refractivity contribution in [2.75, 3.05) is 13.6 Å². The smallest absolute Gasteiger partial charge is 0.207 e. The van der Waals surface area contributed by atoms with Crippen molar-refractivity contribution in [2.45, 2.75) is 22.6 Å². The Kier molecular flexibility index (Phi) is 5.76. The van der Waals surface area contributed by atoms with Crippen molar-refractivity contribution in [1.29, 1.82) is 0 Å². The molecule has 0 radical (unpaired) electrons. The van der Waals surface area contributed by atoms with Crippen molar-refractivity contribution in [3.8, 4) is 0 Å². The Balaban J connectivity index is 2.96. The Morgan fingerprint density at radius 2 is 1.65 bits per heavy atom. The van der Waals surface area contributed by atoms with E-state index in [9.17, 15) is 16.8 Å². The van der Waals surface area contributed by atoms with E-state index in [0.29, 0.717) is 13.0 Å². The Labute approximate surface area is 124 Å². The van der Waals surface area contributed by atoms with Crippen LogP contribution in [0.15, 0.2) is 46.7 Å². The maximum Gasteiger partial charge on any atom is 0.261 e. The average Bonchev–Trinajstić information content (AvgIpc) is 2.38. The molecule has 0 N–H and O–H groups in total. The van der Waals surface area contributed by atoms with E-state index in [0.717, 1.165) is 6.42 Å². The number of allylic oxidation sites excluding steroid dienone is 1. The van der Waals surface area contributed by atoms with Crippen molar-refractivity contribution in [3.05, 3.63) is 36.9 Å². The highest BCUT2D eigenvalue weighted by Gasteiger charge is 2.21. The fourth-order valence-electron chi connectivity index (χ4n) is 1.53. The summed E-state index contributed by atoms with van der Waals surface area (Å²) in [5.41, 5.74) is 0. The first-order valence-electron chi connectivity index (χ1n) is 5.81. The van der Waals surface area contributed by atoms with E-state index in [1.807, 2.05) is 0 Å². The number of halogens is 1. The van der Waals surface area contributed by atoms with Gasteiger partial charge in [-0.2, -0.15) is 0 Å². The van der Waals surface area contributed by atoms with Gasteiger partial charge in [-0.1, -0.05) is 6.08 Å². The number of unbranched alkanes of at least 4 members (excludes halogenated alkanes) is 1. The van der Waals surface area contributed by atoms with Gasteiger partial charge in [-0.05, 0) is 37.1 Å². The minimum Gasteiger partial charge on any atom is -0.207 e. The lowest BCUT2D eigenvalue weighted by molar-refractivity contribution is 0.462. The van der Waals surface area contributed by atoms with Gasteiger partial charge in [0, 0.05) is 24.3 Å². The normalized spacial score (nSPS) is 12.6. The molecular formula is C12H16ClNO4S2. The van der Waals surface area contributed by atoms with Gasteiger partial charge in [0.15, 0.2) is 0 Å². The van der Waals surface area contributed by atoms with Gasteiger partial charge in [-0.15, -0.1) is 6.58 Å². The Morgan fingerprint density at radius 3 is 2.10 bits per heavy atom. The van der Waals surface area contributed by atoms with Crippen molar-refractivity contribution < 1.29 is 16.8 Å². The molecular weight excluding hydrogens is 322 g/mol. The maximum atomic E-state index is 12.2. The monoisotopic (exact) mass is 337 g/mol. The first-order valence-corrected chi connectivity index (χ1v) is 9.56. The van der Waals surface area contributed by atoms with Crippen molar-refractivity contribution in [2.24, 2.45) is 0 Å². The summed E-state index contributed by atoms with van der Waals surface area (Å²) in [5, 5.41) is 0. The average molecular weight is 338 g/mol. The van der Waals surface area contributed by atoms with Crippen LogP contribution in [-0.4, -0.2) is 34.7 Å². The topological polar surface area (TPSA) is 71.5 Å². The van der Waals surface area contributed by atoms with E-state index in [4.69, 9.17) is 10.7 Å². The highest BCUT2D eigenvalue weighted by Crippen LogP contribution is 2.20. The quantitative estimate of drug-likeness (QED) is 0.434. The van der Waals surface area contributed by atoms with Crippen LogP contribution in [0.3, 0.4) is 0 Å². The SMILES string of the molecule is C=CCCCN(C)S(=O)(=O)c1ccc(S(=O)(=O)Cl)cc1. The first kappa shape index (κ1) is 17.2. The molecule has 0 aliphatic carbocycles. The molecule has 20 heavy (non-hydrogen) atoms. The van der Waals surface area contributed by atoms with Gasteiger partial charge in [0.25, 0.3) is 9.05 Å². The summed E-state index contributed by atoms with van der Waals surface area (Å²) < 4.78 is 47.8. The molecule has 0 amide bonds. The van der Waals surface area contributed by atoms with E-state index >= 15 is 0 Å². The fourth-order valence-corrected chi connectivity index (χ4v) is 3.51. The number of hydrogen-bond acceptors (Lipinski definition) is 4. The third-order valence-electron chi connectivity index (χ3n) is 2.69. The molecule has 0 aromatic heterocycles. The standard InChI is InChI=1S/C12H16ClNO4S2/c1-3-4-5-10-14(2)20(17,18)12-8-6-11(7-9-12)19(13,15)16/h3,6-9H,1,4-5,10H2,2H3. The largest absolute Gasteiger partial charge is 0.261 e. The minimum atomic E-state index is -3.85. The molecule has 0 spiro atoms. The molecule has 1 aromatic rings. The van der Waals surface area contributed by atoms with E-state index in [1.165, 1.54) is 35.6 Å². The van der Waals surface area contributed by atoms with Crippen molar-refractivity contribution in [1.82, 2.24) is 4.31 Å². The number of sulfonamides is 1. The molecule has 8 heteroatoms. The molecule has 112 valence electrons. The third kappa shape index (κ3) is 4.31. The van der Waals surface area contributed by atoms with Crippen LogP contribution in [0.4, 0.5) is 0 Å². The maximum absolute atomic E-state index is 12.2. The summed E-state index contributed by atoms with van der Waals surface area (Å²) in [6, 6.07) is 4.81. The molecule has 1 rings (SSSR count). The van der Waals surface area contributed by atoms with Crippen molar-refractivity contribution >= 4 is 29.8 Å². The Morgan fingerprint density at radius 1 is 1.15 bits per heavy atom. The molecule has 0 unspecified atom stereocenters. The lowest BCUT2D eigenvalue weighted by atomic mass is 10.3. The van der Waals surface area contributed by atoms with Crippen LogP contribution in [0.25, 0.3) is 0 Å². The van der Waals surface area contributed by atoms with Crippen LogP contribution in [0.1, 0.15) is 12.8 Å². The third-order valence-corrected chi connectivity index (χ3v) is 5.94. The summed E-state index contributed by atoms with van der Waals surface area (Å²) in [6.07, 6.45) is 3.12. The summed E-state index contributed by atoms with van der Waals surface area (Å²) in [6.45, 7) is 3.94. The zero-order valence-corrected chi connectivity index (χ0v) is 13.4. The molecule has 0 bridgehead atoms. The zero-order valence-electron chi connectivity index (χ0n) is 11.0. The highest BCUT2D eigenvalue weighted by molar-refractivity contribution is 8.13. The van der Waals surface area contributed by atoms with E-state index in [2.05, 4.69) is 6.58 Å². The van der Waals surface area contributed by atoms with Gasteiger partial charge >= 0.3 is 0 Å². The number of rotatable bonds is 7. The summed E-state index contributed by atoms with van der Waals surface area (Å²) >= 11 is 0. The predicted octanol–water partition coefficient (Wildman–Crippen LogP) is 2.20. The van der Waals surface area contributed by atoms with Crippen LogP contribution in [-0.2, 0) is 19.1 Å². The molecule has 0 heterocycles. The highest BCUT2D eigenvalue weighted by atomic mass is 35.7. The van der Waals surface area contributed by atoms with Gasteiger partial charge in [0.1, 0.15) is 0 Å². The van der Waals surface area contributed by atoms with Crippen LogP contribution >= 0.6 is 10.7 Å². The lowest BCUT2D eigenvalue weighted by Gasteiger charge is -2.16. The first-order chi connectivity index (χ1) is 9.19. The van der Waals surface area contributed by atoms with Crippen LogP contribution in [0.2, 0.25) is 0 Å². The number of hydrogen-bond donors (Lipinski definition) is 0. The molecule has 0 aliphatic rings. The van der Waals surface area contributed by atoms with Gasteiger partial charge < -0.3 is 0 Å².